The predicted octanol–water partition coefficient (Wildman–Crippen LogP) is -0.591. The third-order valence-electron chi connectivity index (χ3n) is 2.19. The molecule has 0 aromatic carbocycles. The molecule has 0 radical (unpaired) electrons. The molecule has 1 aromatic rings. The van der Waals surface area contributed by atoms with Crippen molar-refractivity contribution in [3.63, 3.8) is 0 Å². The molecule has 8 nitrogen and oxygen atoms in total. The van der Waals surface area contributed by atoms with Crippen LogP contribution in [0.15, 0.2) is 23.2 Å². The average Bonchev–Trinajstić information content (AvgIpc) is 2.35. The van der Waals surface area contributed by atoms with E-state index >= 15 is 0 Å². The molecule has 0 spiro atoms. The van der Waals surface area contributed by atoms with Crippen molar-refractivity contribution in [1.29, 1.82) is 0 Å². The van der Waals surface area contributed by atoms with Gasteiger partial charge in [-0.1, -0.05) is 11.6 Å². The van der Waals surface area contributed by atoms with Crippen molar-refractivity contribution in [2.75, 3.05) is 27.2 Å². The van der Waals surface area contributed by atoms with Gasteiger partial charge in [0.15, 0.2) is 0 Å². The maximum absolute atomic E-state index is 11.8. The maximum Gasteiger partial charge on any atom is 0.278 e. The van der Waals surface area contributed by atoms with Crippen LogP contribution in [0.5, 0.6) is 0 Å². The standard InChI is InChI=1S/C9H15ClN4O4S2/c1-14(2)20(17,18)13-6-5-12-19(15,16)8-3-4-9(10)11-7-8/h3-4,7,12-13H,5-6H2,1-2H3. The van der Waals surface area contributed by atoms with Crippen molar-refractivity contribution in [2.45, 2.75) is 4.90 Å². The molecule has 0 amide bonds. The van der Waals surface area contributed by atoms with E-state index in [1.54, 1.807) is 0 Å². The van der Waals surface area contributed by atoms with Crippen LogP contribution in [-0.4, -0.2) is 53.3 Å². The van der Waals surface area contributed by atoms with Crippen LogP contribution in [0, 0.1) is 0 Å². The number of nitrogens with zero attached hydrogens (tertiary/aromatic N) is 2. The van der Waals surface area contributed by atoms with Gasteiger partial charge in [-0.25, -0.2) is 22.8 Å². The number of pyridine rings is 1. The van der Waals surface area contributed by atoms with Gasteiger partial charge < -0.3 is 0 Å². The molecule has 0 unspecified atom stereocenters. The van der Waals surface area contributed by atoms with Gasteiger partial charge in [-0.05, 0) is 12.1 Å². The number of sulfonamides is 1. The molecule has 114 valence electrons. The van der Waals surface area contributed by atoms with Gasteiger partial charge >= 0.3 is 0 Å². The van der Waals surface area contributed by atoms with Gasteiger partial charge in [-0.15, -0.1) is 0 Å². The molecule has 0 aliphatic carbocycles. The number of hydrogen-bond acceptors (Lipinski definition) is 5. The van der Waals surface area contributed by atoms with Gasteiger partial charge in [-0.3, -0.25) is 0 Å². The van der Waals surface area contributed by atoms with E-state index in [2.05, 4.69) is 14.4 Å². The van der Waals surface area contributed by atoms with Gasteiger partial charge in [0.1, 0.15) is 10.0 Å². The minimum absolute atomic E-state index is 0.0441. The SMILES string of the molecule is CN(C)S(=O)(=O)NCCNS(=O)(=O)c1ccc(Cl)nc1. The second-order valence-corrected chi connectivity index (χ2v) is 8.02. The molecule has 0 saturated carbocycles. The maximum atomic E-state index is 11.8. The van der Waals surface area contributed by atoms with E-state index in [0.29, 0.717) is 0 Å². The number of halogens is 1. The highest BCUT2D eigenvalue weighted by molar-refractivity contribution is 7.89. The molecule has 0 bridgehead atoms. The second-order valence-electron chi connectivity index (χ2n) is 3.90. The summed E-state index contributed by atoms with van der Waals surface area (Å²) >= 11 is 5.56. The van der Waals surface area contributed by atoms with E-state index in [0.717, 1.165) is 10.5 Å². The number of nitrogens with one attached hydrogen (secondary N) is 2. The summed E-state index contributed by atoms with van der Waals surface area (Å²) in [5, 5.41) is 0.183. The Balaban J connectivity index is 2.55. The van der Waals surface area contributed by atoms with E-state index < -0.39 is 20.2 Å². The molecule has 1 heterocycles. The van der Waals surface area contributed by atoms with Crippen LogP contribution >= 0.6 is 11.6 Å². The number of hydrogen-bond donors (Lipinski definition) is 2. The highest BCUT2D eigenvalue weighted by atomic mass is 35.5. The Morgan fingerprint density at radius 1 is 1.15 bits per heavy atom. The van der Waals surface area contributed by atoms with Crippen LogP contribution in [-0.2, 0) is 20.2 Å². The first-order valence-corrected chi connectivity index (χ1v) is 8.73. The fourth-order valence-electron chi connectivity index (χ4n) is 1.10. The van der Waals surface area contributed by atoms with Crippen LogP contribution in [0.4, 0.5) is 0 Å². The molecule has 20 heavy (non-hydrogen) atoms. The first-order chi connectivity index (χ1) is 9.15. The summed E-state index contributed by atoms with van der Waals surface area (Å²) in [5.74, 6) is 0. The van der Waals surface area contributed by atoms with Crippen molar-refractivity contribution >= 4 is 31.8 Å². The first-order valence-electron chi connectivity index (χ1n) is 5.43. The average molecular weight is 343 g/mol. The van der Waals surface area contributed by atoms with Gasteiger partial charge in [0.25, 0.3) is 10.2 Å². The topological polar surface area (TPSA) is 108 Å². The predicted molar refractivity (Wildman–Crippen MR) is 75.0 cm³/mol. The lowest BCUT2D eigenvalue weighted by atomic mass is 10.5. The lowest BCUT2D eigenvalue weighted by Crippen LogP contribution is -2.40. The summed E-state index contributed by atoms with van der Waals surface area (Å²) in [5.41, 5.74) is 0. The first kappa shape index (κ1) is 17.3. The van der Waals surface area contributed by atoms with Gasteiger partial charge in [-0.2, -0.15) is 12.7 Å². The minimum Gasteiger partial charge on any atom is -0.243 e. The van der Waals surface area contributed by atoms with E-state index in [9.17, 15) is 16.8 Å². The zero-order valence-corrected chi connectivity index (χ0v) is 13.3. The lowest BCUT2D eigenvalue weighted by molar-refractivity contribution is 0.505. The van der Waals surface area contributed by atoms with Crippen LogP contribution in [0.2, 0.25) is 5.15 Å². The third kappa shape index (κ3) is 4.96. The fraction of sp³-hybridized carbons (Fsp3) is 0.444. The molecule has 1 aromatic heterocycles. The third-order valence-corrected chi connectivity index (χ3v) is 5.39. The highest BCUT2D eigenvalue weighted by Gasteiger charge is 2.15. The lowest BCUT2D eigenvalue weighted by Gasteiger charge is -2.12. The van der Waals surface area contributed by atoms with Gasteiger partial charge in [0.2, 0.25) is 10.0 Å². The Kier molecular flexibility index (Phi) is 5.86. The summed E-state index contributed by atoms with van der Waals surface area (Å²) < 4.78 is 51.9. The Hall–Kier alpha value is -0.780. The molecular weight excluding hydrogens is 328 g/mol. The van der Waals surface area contributed by atoms with Crippen molar-refractivity contribution in [3.05, 3.63) is 23.5 Å². The summed E-state index contributed by atoms with van der Waals surface area (Å²) in [6, 6.07) is 2.66. The smallest absolute Gasteiger partial charge is 0.243 e. The van der Waals surface area contributed by atoms with Crippen LogP contribution < -0.4 is 9.44 Å². The normalized spacial score (nSPS) is 12.8. The molecular formula is C9H15ClN4O4S2. The zero-order valence-electron chi connectivity index (χ0n) is 10.9. The van der Waals surface area contributed by atoms with Crippen molar-refractivity contribution in [1.82, 2.24) is 18.7 Å². The minimum atomic E-state index is -3.73. The van der Waals surface area contributed by atoms with E-state index in [1.165, 1.54) is 26.2 Å². The van der Waals surface area contributed by atoms with E-state index in [-0.39, 0.29) is 23.1 Å². The van der Waals surface area contributed by atoms with Crippen LogP contribution in [0.25, 0.3) is 0 Å². The molecule has 1 rings (SSSR count). The molecule has 0 aliphatic rings. The van der Waals surface area contributed by atoms with Crippen LogP contribution in [0.1, 0.15) is 0 Å². The fourth-order valence-corrected chi connectivity index (χ4v) is 2.81. The van der Waals surface area contributed by atoms with Crippen molar-refractivity contribution in [2.24, 2.45) is 0 Å². The van der Waals surface area contributed by atoms with Crippen LogP contribution in [0.3, 0.4) is 0 Å². The summed E-state index contributed by atoms with van der Waals surface area (Å²) in [6.07, 6.45) is 1.12. The summed E-state index contributed by atoms with van der Waals surface area (Å²) in [4.78, 5) is 3.62. The van der Waals surface area contributed by atoms with Crippen molar-refractivity contribution < 1.29 is 16.8 Å². The number of aromatic nitrogens is 1. The quantitative estimate of drug-likeness (QED) is 0.508. The van der Waals surface area contributed by atoms with Gasteiger partial charge in [0.05, 0.1) is 0 Å². The molecule has 0 fully saturated rings. The van der Waals surface area contributed by atoms with E-state index in [4.69, 9.17) is 11.6 Å². The summed E-state index contributed by atoms with van der Waals surface area (Å²) in [7, 11) is -4.57. The molecule has 0 saturated heterocycles. The van der Waals surface area contributed by atoms with E-state index in [1.807, 2.05) is 0 Å². The molecule has 0 atom stereocenters. The highest BCUT2D eigenvalue weighted by Crippen LogP contribution is 2.10. The Labute approximate surface area is 123 Å². The molecule has 0 aliphatic heterocycles. The van der Waals surface area contributed by atoms with Crippen molar-refractivity contribution in [3.8, 4) is 0 Å². The van der Waals surface area contributed by atoms with Gasteiger partial charge in [0, 0.05) is 33.4 Å². The zero-order chi connectivity index (χ0) is 15.4. The Morgan fingerprint density at radius 3 is 2.25 bits per heavy atom. The molecule has 2 N–H and O–H groups in total. The second kappa shape index (κ2) is 6.78. The monoisotopic (exact) mass is 342 g/mol. The Morgan fingerprint density at radius 2 is 1.75 bits per heavy atom. The number of rotatable bonds is 7. The summed E-state index contributed by atoms with van der Waals surface area (Å²) in [6.45, 7) is -0.154. The molecule has 11 heteroatoms. The largest absolute Gasteiger partial charge is 0.278 e. The Bertz CT molecular complexity index is 643.